The van der Waals surface area contributed by atoms with Gasteiger partial charge in [-0.1, -0.05) is 13.8 Å². The summed E-state index contributed by atoms with van der Waals surface area (Å²) in [5, 5.41) is 67.5. The van der Waals surface area contributed by atoms with Gasteiger partial charge >= 0.3 is 5.97 Å². The summed E-state index contributed by atoms with van der Waals surface area (Å²) in [6.45, 7) is 6.67. The summed E-state index contributed by atoms with van der Waals surface area (Å²) in [5.41, 5.74) is -1.03. The van der Waals surface area contributed by atoms with Crippen LogP contribution in [-0.4, -0.2) is 117 Å². The Bertz CT molecular complexity index is 1030. The third kappa shape index (κ3) is 7.34. The van der Waals surface area contributed by atoms with Crippen molar-refractivity contribution in [2.75, 3.05) is 19.7 Å². The van der Waals surface area contributed by atoms with E-state index in [0.29, 0.717) is 44.2 Å². The van der Waals surface area contributed by atoms with Crippen molar-refractivity contribution in [3.8, 4) is 0 Å². The number of aliphatic imine (C=N–C) groups is 1. The molecule has 3 heterocycles. The molecule has 12 heteroatoms. The predicted molar refractivity (Wildman–Crippen MR) is 159 cm³/mol. The molecule has 5 aliphatic rings. The molecule has 0 aromatic carbocycles. The Balaban J connectivity index is 1.22. The fourth-order valence-corrected chi connectivity index (χ4v) is 7.81. The quantitative estimate of drug-likeness (QED) is 0.161. The van der Waals surface area contributed by atoms with Crippen molar-refractivity contribution >= 4 is 12.2 Å². The minimum atomic E-state index is -2.13. The molecule has 44 heavy (non-hydrogen) atoms. The first-order chi connectivity index (χ1) is 21.0. The molecule has 12 nitrogen and oxygen atoms in total. The topological polar surface area (TPSA) is 191 Å². The summed E-state index contributed by atoms with van der Waals surface area (Å²) in [5.74, 6) is -0.701. The van der Waals surface area contributed by atoms with Gasteiger partial charge in [0.15, 0.2) is 24.2 Å². The van der Waals surface area contributed by atoms with E-state index < -0.39 is 48.4 Å². The van der Waals surface area contributed by atoms with Crippen LogP contribution in [-0.2, 0) is 19.0 Å². The number of aliphatic carboxylic acids is 1. The van der Waals surface area contributed by atoms with Crippen molar-refractivity contribution in [3.05, 3.63) is 18.2 Å². The third-order valence-electron chi connectivity index (χ3n) is 10.8. The second-order valence-electron chi connectivity index (χ2n) is 14.0. The zero-order valence-electron chi connectivity index (χ0n) is 25.8. The molecule has 0 amide bonds. The second-order valence-corrected chi connectivity index (χ2v) is 14.0. The molecule has 5 rings (SSSR count). The molecule has 0 aromatic rings. The van der Waals surface area contributed by atoms with E-state index in [1.54, 1.807) is 6.54 Å². The van der Waals surface area contributed by atoms with Crippen LogP contribution < -0.4 is 5.32 Å². The van der Waals surface area contributed by atoms with E-state index in [9.17, 15) is 35.4 Å². The molecular formula is C32H51N2O10+. The molecule has 0 aromatic heterocycles. The van der Waals surface area contributed by atoms with Crippen LogP contribution in [0, 0.1) is 36.1 Å². The molecule has 3 aliphatic heterocycles. The van der Waals surface area contributed by atoms with Gasteiger partial charge in [0.1, 0.15) is 24.3 Å². The van der Waals surface area contributed by atoms with Crippen LogP contribution in [0.3, 0.4) is 0 Å². The van der Waals surface area contributed by atoms with Crippen molar-refractivity contribution in [1.82, 2.24) is 5.32 Å². The fourth-order valence-electron chi connectivity index (χ4n) is 7.81. The molecular weight excluding hydrogens is 572 g/mol. The molecule has 2 saturated carbocycles. The monoisotopic (exact) mass is 623 g/mol. The van der Waals surface area contributed by atoms with E-state index in [1.165, 1.54) is 0 Å². The first kappa shape index (κ1) is 33.7. The maximum Gasteiger partial charge on any atom is 0.335 e. The van der Waals surface area contributed by atoms with Gasteiger partial charge in [0.2, 0.25) is 0 Å². The largest absolute Gasteiger partial charge is 0.479 e. The Labute approximate surface area is 259 Å². The van der Waals surface area contributed by atoms with E-state index in [0.717, 1.165) is 37.7 Å². The Kier molecular flexibility index (Phi) is 11.1. The van der Waals surface area contributed by atoms with Gasteiger partial charge in [-0.3, -0.25) is 0 Å². The first-order valence-corrected chi connectivity index (χ1v) is 16.3. The van der Waals surface area contributed by atoms with E-state index in [4.69, 9.17) is 14.2 Å². The molecule has 11 atom stereocenters. The van der Waals surface area contributed by atoms with Gasteiger partial charge in [0.25, 0.3) is 0 Å². The number of allylic oxidation sites excluding steroid dienone is 1. The lowest BCUT2D eigenvalue weighted by molar-refractivity contribution is -0.345. The van der Waals surface area contributed by atoms with Crippen molar-refractivity contribution in [2.45, 2.75) is 120 Å². The zero-order valence-corrected chi connectivity index (χ0v) is 25.8. The molecule has 2 aliphatic carbocycles. The van der Waals surface area contributed by atoms with E-state index >= 15 is 0 Å². The molecule has 11 unspecified atom stereocenters. The molecule has 0 bridgehead atoms. The lowest BCUT2D eigenvalue weighted by Crippen LogP contribution is -2.71. The minimum absolute atomic E-state index is 0.0251. The van der Waals surface area contributed by atoms with Crippen LogP contribution in [0.5, 0.6) is 0 Å². The van der Waals surface area contributed by atoms with Gasteiger partial charge in [0.05, 0.1) is 37.1 Å². The summed E-state index contributed by atoms with van der Waals surface area (Å²) >= 11 is 0. The summed E-state index contributed by atoms with van der Waals surface area (Å²) in [6.07, 6.45) is 0.827. The van der Waals surface area contributed by atoms with Gasteiger partial charge < -0.3 is 50.2 Å². The molecule has 0 radical (unpaired) electrons. The predicted octanol–water partition coefficient (Wildman–Crippen LogP) is 0.786. The van der Waals surface area contributed by atoms with Gasteiger partial charge in [-0.15, -0.1) is 4.99 Å². The number of aliphatic hydroxyl groups excluding tert-OH is 4. The maximum atomic E-state index is 11.9. The number of carbonyl (C=O) groups is 1. The number of nitrogens with zero attached hydrogens (tertiary/aromatic N) is 1. The van der Waals surface area contributed by atoms with Gasteiger partial charge in [-0.25, -0.2) is 4.79 Å². The number of rotatable bonds is 11. The number of aliphatic hydroxyl groups is 5. The normalized spacial score (nSPS) is 43.3. The lowest BCUT2D eigenvalue weighted by Gasteiger charge is -2.50. The Morgan fingerprint density at radius 3 is 2.52 bits per heavy atom. The highest BCUT2D eigenvalue weighted by Gasteiger charge is 2.58. The van der Waals surface area contributed by atoms with Crippen molar-refractivity contribution in [3.63, 3.8) is 0 Å². The summed E-state index contributed by atoms with van der Waals surface area (Å²) in [6, 6.07) is 0. The van der Waals surface area contributed by atoms with Gasteiger partial charge in [-0.05, 0) is 62.8 Å². The molecule has 4 fully saturated rings. The van der Waals surface area contributed by atoms with E-state index in [1.807, 2.05) is 12.3 Å². The smallest absolute Gasteiger partial charge is 0.335 e. The Morgan fingerprint density at radius 2 is 1.86 bits per heavy atom. The van der Waals surface area contributed by atoms with Crippen molar-refractivity contribution in [1.29, 1.82) is 0 Å². The van der Waals surface area contributed by atoms with Crippen LogP contribution in [0.1, 0.15) is 65.2 Å². The number of nitrogens with one attached hydrogen (secondary N) is 1. The van der Waals surface area contributed by atoms with E-state index in [2.05, 4.69) is 24.2 Å². The number of hydrogen-bond donors (Lipinski definition) is 7. The summed E-state index contributed by atoms with van der Waals surface area (Å²) < 4.78 is 18.2. The molecule has 0 spiro atoms. The van der Waals surface area contributed by atoms with E-state index in [-0.39, 0.29) is 36.5 Å². The fraction of sp³-hybridized carbons (Fsp3) is 0.844. The standard InChI is InChI=1S/C32H50N2O10/c1-17(2)20(11-18-9-10-33-13-18)14-34-16-32(41)29(38)27(37)28(30(39)40)44-31(32)43-22-7-8-23-25(12-22)42-15-24(26(23)36)19-3-5-21(35)6-4-19/h9-10,13,17,19-29,31,34-38,41H,3-8,11-12,14-16H2,1-2H3/p+1. The average Bonchev–Trinajstić information content (AvgIpc) is 3.51. The summed E-state index contributed by atoms with van der Waals surface area (Å²) in [7, 11) is 0. The van der Waals surface area contributed by atoms with Crippen LogP contribution in [0.2, 0.25) is 0 Å². The molecule has 2 saturated heterocycles. The van der Waals surface area contributed by atoms with Gasteiger partial charge in [-0.2, -0.15) is 0 Å². The van der Waals surface area contributed by atoms with Crippen LogP contribution >= 0.6 is 0 Å². The number of carboxylic acid groups (broad SMARTS) is 1. The third-order valence-corrected chi connectivity index (χ3v) is 10.8. The van der Waals surface area contributed by atoms with Crippen LogP contribution in [0.25, 0.3) is 0 Å². The second kappa shape index (κ2) is 14.4. The SMILES string of the molecule is CC(C)C(CNCC1(O)C(OC2CCC3C(C2)OCC(C2CCC(O)CC2)C3O)OC(C(=O)O)C(O)C1O)CC1=C[CH+]N=C1. The van der Waals surface area contributed by atoms with Crippen LogP contribution in [0.15, 0.2) is 16.6 Å². The lowest BCUT2D eigenvalue weighted by atomic mass is 9.69. The highest BCUT2D eigenvalue weighted by atomic mass is 16.7. The average molecular weight is 624 g/mol. The Hall–Kier alpha value is -1.61. The number of ether oxygens (including phenoxy) is 3. The highest BCUT2D eigenvalue weighted by molar-refractivity contribution is 5.81. The molecule has 7 N–H and O–H groups in total. The van der Waals surface area contributed by atoms with Crippen molar-refractivity contribution < 1.29 is 49.6 Å². The summed E-state index contributed by atoms with van der Waals surface area (Å²) in [4.78, 5) is 16.0. The zero-order chi connectivity index (χ0) is 31.6. The molecule has 248 valence electrons. The van der Waals surface area contributed by atoms with Gasteiger partial charge in [0, 0.05) is 31.2 Å². The minimum Gasteiger partial charge on any atom is -0.479 e. The maximum absolute atomic E-state index is 11.9. The number of fused-ring (bicyclic) bond motifs is 1. The first-order valence-electron chi connectivity index (χ1n) is 16.3. The number of hydrogen-bond acceptors (Lipinski definition) is 11. The van der Waals surface area contributed by atoms with Crippen molar-refractivity contribution in [2.24, 2.45) is 34.6 Å². The Morgan fingerprint density at radius 1 is 1.11 bits per heavy atom. The highest BCUT2D eigenvalue weighted by Crippen LogP contribution is 2.44. The number of carboxylic acids is 1. The van der Waals surface area contributed by atoms with Crippen LogP contribution in [0.4, 0.5) is 0 Å².